The molecule has 7 atom stereocenters. The number of aliphatic hydroxyl groups is 1. The number of fused-ring (bicyclic) bond motifs is 2. The number of thioether (sulfide) groups is 1. The minimum Gasteiger partial charge on any atom is -0.443 e. The molecule has 252 valence electrons. The zero-order chi connectivity index (χ0) is 33.0. The highest BCUT2D eigenvalue weighted by atomic mass is 32.2. The summed E-state index contributed by atoms with van der Waals surface area (Å²) in [6.07, 6.45) is 3.00. The molecule has 7 unspecified atom stereocenters. The number of hydrogen-bond donors (Lipinski definition) is 1. The molecule has 1 amide bonds. The first kappa shape index (κ1) is 33.2. The minimum absolute atomic E-state index is 0.124. The van der Waals surface area contributed by atoms with E-state index in [0.717, 1.165) is 12.2 Å². The predicted molar refractivity (Wildman–Crippen MR) is 166 cm³/mol. The van der Waals surface area contributed by atoms with Gasteiger partial charge < -0.3 is 24.1 Å². The second kappa shape index (κ2) is 12.7. The van der Waals surface area contributed by atoms with Crippen LogP contribution in [-0.2, 0) is 18.9 Å². The number of carbonyl (C=O) groups is 1. The van der Waals surface area contributed by atoms with E-state index in [0.29, 0.717) is 35.6 Å². The van der Waals surface area contributed by atoms with Crippen molar-refractivity contribution in [3.63, 3.8) is 0 Å². The first-order chi connectivity index (χ1) is 21.8. The summed E-state index contributed by atoms with van der Waals surface area (Å²) >= 11 is 1.45. The third kappa shape index (κ3) is 6.66. The quantitative estimate of drug-likeness (QED) is 0.258. The first-order valence-corrected chi connectivity index (χ1v) is 16.9. The molecule has 3 heterocycles. The third-order valence-electron chi connectivity index (χ3n) is 8.50. The highest BCUT2D eigenvalue weighted by molar-refractivity contribution is 7.99. The molecule has 4 aliphatic rings. The maximum atomic E-state index is 14.2. The van der Waals surface area contributed by atoms with Crippen molar-refractivity contribution in [3.05, 3.63) is 23.8 Å². The molecule has 1 aliphatic heterocycles. The molecule has 15 heteroatoms. The number of aromatic nitrogens is 5. The lowest BCUT2D eigenvalue weighted by atomic mass is 9.94. The number of anilines is 1. The average molecular weight is 665 g/mol. The SMILES string of the molecule is CCCSc1nc(N(C(=O)OC(C)(C)C)C2CC2C2C=C(F)C(F)=CC2)c2nnn(C3CC(OCCO)C4OC(C)(C)OC43)c2n1. The minimum atomic E-state index is -0.881. The lowest BCUT2D eigenvalue weighted by Crippen LogP contribution is -2.40. The molecular weight excluding hydrogens is 622 g/mol. The van der Waals surface area contributed by atoms with Gasteiger partial charge in [0.25, 0.3) is 0 Å². The van der Waals surface area contributed by atoms with Crippen molar-refractivity contribution in [3.8, 4) is 0 Å². The fourth-order valence-electron chi connectivity index (χ4n) is 6.58. The molecule has 12 nitrogen and oxygen atoms in total. The molecule has 2 saturated carbocycles. The zero-order valence-corrected chi connectivity index (χ0v) is 27.8. The van der Waals surface area contributed by atoms with Crippen LogP contribution < -0.4 is 4.90 Å². The summed E-state index contributed by atoms with van der Waals surface area (Å²) in [7, 11) is 0. The van der Waals surface area contributed by atoms with Crippen molar-refractivity contribution in [1.29, 1.82) is 0 Å². The number of amides is 1. The molecule has 0 radical (unpaired) electrons. The smallest absolute Gasteiger partial charge is 0.416 e. The van der Waals surface area contributed by atoms with E-state index in [2.05, 4.69) is 17.2 Å². The maximum absolute atomic E-state index is 14.2. The van der Waals surface area contributed by atoms with Crippen LogP contribution in [-0.4, -0.2) is 90.9 Å². The lowest BCUT2D eigenvalue weighted by molar-refractivity contribution is -0.171. The van der Waals surface area contributed by atoms with Crippen LogP contribution in [0.1, 0.15) is 73.3 Å². The molecule has 0 aromatic carbocycles. The molecule has 46 heavy (non-hydrogen) atoms. The number of rotatable bonds is 10. The fraction of sp³-hybridized carbons (Fsp3) is 0.710. The highest BCUT2D eigenvalue weighted by Gasteiger charge is 2.56. The second-order valence-electron chi connectivity index (χ2n) is 13.7. The molecule has 1 saturated heterocycles. The van der Waals surface area contributed by atoms with E-state index in [1.54, 1.807) is 25.5 Å². The van der Waals surface area contributed by atoms with Crippen LogP contribution in [0.5, 0.6) is 0 Å². The summed E-state index contributed by atoms with van der Waals surface area (Å²) in [5.74, 6) is -2.02. The first-order valence-electron chi connectivity index (χ1n) is 15.9. The normalized spacial score (nSPS) is 30.2. The summed E-state index contributed by atoms with van der Waals surface area (Å²) in [5, 5.41) is 18.9. The highest BCUT2D eigenvalue weighted by Crippen LogP contribution is 2.49. The standard InChI is InChI=1S/C31H42F2N6O6S/c1-7-12-46-28-34-26(38(29(41)45-30(2,3)4)20-14-17(20)16-8-9-18(32)19(33)13-16)23-27(35-28)39(37-36-23)21-15-22(42-11-10-40)25-24(21)43-31(5,6)44-25/h9,13,16-17,20-22,24-25,40H,7-8,10-12,14-15H2,1-6H3. The van der Waals surface area contributed by atoms with Crippen molar-refractivity contribution < 1.29 is 37.6 Å². The van der Waals surface area contributed by atoms with Gasteiger partial charge in [-0.05, 0) is 77.9 Å². The van der Waals surface area contributed by atoms with Crippen LogP contribution in [0.2, 0.25) is 0 Å². The molecule has 3 aliphatic carbocycles. The van der Waals surface area contributed by atoms with Crippen LogP contribution in [0.4, 0.5) is 19.4 Å². The van der Waals surface area contributed by atoms with Gasteiger partial charge in [-0.3, -0.25) is 4.90 Å². The molecule has 2 aromatic heterocycles. The summed E-state index contributed by atoms with van der Waals surface area (Å²) in [6, 6.07) is -0.752. The van der Waals surface area contributed by atoms with Crippen molar-refractivity contribution in [2.24, 2.45) is 11.8 Å². The Morgan fingerprint density at radius 3 is 2.65 bits per heavy atom. The molecule has 1 N–H and O–H groups in total. The number of nitrogens with zero attached hydrogens (tertiary/aromatic N) is 6. The van der Waals surface area contributed by atoms with Gasteiger partial charge in [-0.15, -0.1) is 5.10 Å². The number of hydrogen-bond acceptors (Lipinski definition) is 11. The Kier molecular flexibility index (Phi) is 9.17. The van der Waals surface area contributed by atoms with Crippen molar-refractivity contribution in [1.82, 2.24) is 25.0 Å². The Balaban J connectivity index is 1.41. The van der Waals surface area contributed by atoms with E-state index < -0.39 is 41.3 Å². The van der Waals surface area contributed by atoms with Crippen molar-refractivity contribution in [2.45, 2.75) is 114 Å². The van der Waals surface area contributed by atoms with Crippen molar-refractivity contribution >= 4 is 34.8 Å². The van der Waals surface area contributed by atoms with E-state index in [-0.39, 0.29) is 49.1 Å². The topological polar surface area (TPSA) is 134 Å². The molecular formula is C31H42F2N6O6S. The fourth-order valence-corrected chi connectivity index (χ4v) is 7.27. The Morgan fingerprint density at radius 1 is 1.20 bits per heavy atom. The van der Waals surface area contributed by atoms with E-state index >= 15 is 0 Å². The Hall–Kier alpha value is -2.72. The largest absolute Gasteiger partial charge is 0.443 e. The lowest BCUT2D eigenvalue weighted by Gasteiger charge is -2.28. The van der Waals surface area contributed by atoms with Gasteiger partial charge in [0.05, 0.1) is 25.4 Å². The Morgan fingerprint density at radius 2 is 1.96 bits per heavy atom. The summed E-state index contributed by atoms with van der Waals surface area (Å²) in [6.45, 7) is 11.1. The predicted octanol–water partition coefficient (Wildman–Crippen LogP) is 5.42. The molecule has 2 aromatic rings. The summed E-state index contributed by atoms with van der Waals surface area (Å²) in [4.78, 5) is 25.1. The van der Waals surface area contributed by atoms with E-state index in [4.69, 9.17) is 28.9 Å². The monoisotopic (exact) mass is 664 g/mol. The van der Waals surface area contributed by atoms with E-state index in [1.165, 1.54) is 28.8 Å². The number of ether oxygens (including phenoxy) is 4. The van der Waals surface area contributed by atoms with Gasteiger partial charge in [0.1, 0.15) is 17.8 Å². The van der Waals surface area contributed by atoms with Crippen LogP contribution in [0.25, 0.3) is 11.2 Å². The number of allylic oxidation sites excluding steroid dienone is 4. The van der Waals surface area contributed by atoms with E-state index in [9.17, 15) is 18.7 Å². The second-order valence-corrected chi connectivity index (χ2v) is 14.7. The molecule has 0 spiro atoms. The van der Waals surface area contributed by atoms with Gasteiger partial charge in [-0.2, -0.15) is 0 Å². The Labute approximate surface area is 270 Å². The molecule has 3 fully saturated rings. The summed E-state index contributed by atoms with van der Waals surface area (Å²) < 4.78 is 54.1. The number of carbonyl (C=O) groups excluding carboxylic acids is 1. The van der Waals surface area contributed by atoms with Gasteiger partial charge in [0.15, 0.2) is 39.6 Å². The summed E-state index contributed by atoms with van der Waals surface area (Å²) in [5.41, 5.74) is -0.0768. The number of halogens is 2. The maximum Gasteiger partial charge on any atom is 0.416 e. The molecule has 0 bridgehead atoms. The van der Waals surface area contributed by atoms with Gasteiger partial charge >= 0.3 is 6.09 Å². The van der Waals surface area contributed by atoms with Gasteiger partial charge in [0.2, 0.25) is 0 Å². The Bertz CT molecular complexity index is 1530. The van der Waals surface area contributed by atoms with Gasteiger partial charge in [0, 0.05) is 18.2 Å². The van der Waals surface area contributed by atoms with Crippen LogP contribution in [0, 0.1) is 11.8 Å². The number of aliphatic hydroxyl groups excluding tert-OH is 1. The average Bonchev–Trinajstić information content (AvgIpc) is 3.36. The van der Waals surface area contributed by atoms with Gasteiger partial charge in [-0.25, -0.2) is 28.2 Å². The van der Waals surface area contributed by atoms with Crippen LogP contribution >= 0.6 is 11.8 Å². The van der Waals surface area contributed by atoms with Crippen LogP contribution in [0.15, 0.2) is 29.0 Å². The third-order valence-corrected chi connectivity index (χ3v) is 9.56. The van der Waals surface area contributed by atoms with Crippen molar-refractivity contribution in [2.75, 3.05) is 23.9 Å². The molecule has 6 rings (SSSR count). The van der Waals surface area contributed by atoms with E-state index in [1.807, 2.05) is 13.8 Å². The van der Waals surface area contributed by atoms with Crippen LogP contribution in [0.3, 0.4) is 0 Å². The zero-order valence-electron chi connectivity index (χ0n) is 27.0. The van der Waals surface area contributed by atoms with Gasteiger partial charge in [-0.1, -0.05) is 23.9 Å².